The Labute approximate surface area is 214 Å². The summed E-state index contributed by atoms with van der Waals surface area (Å²) in [5.74, 6) is 3.18. The van der Waals surface area contributed by atoms with Crippen LogP contribution in [0.2, 0.25) is 0 Å². The zero-order valence-electron chi connectivity index (χ0n) is 20.1. The van der Waals surface area contributed by atoms with Crippen molar-refractivity contribution in [2.45, 2.75) is 32.4 Å². The van der Waals surface area contributed by atoms with Gasteiger partial charge in [0.15, 0.2) is 17.5 Å². The number of nitrogens with one attached hydrogen (secondary N) is 2. The lowest BCUT2D eigenvalue weighted by Gasteiger charge is -2.30. The smallest absolute Gasteiger partial charge is 0.191 e. The van der Waals surface area contributed by atoms with Gasteiger partial charge in [0, 0.05) is 25.7 Å². The molecule has 1 atom stereocenters. The Morgan fingerprint density at radius 3 is 2.39 bits per heavy atom. The van der Waals surface area contributed by atoms with Gasteiger partial charge in [0.05, 0.1) is 26.9 Å². The van der Waals surface area contributed by atoms with Crippen LogP contribution in [0.1, 0.15) is 36.9 Å². The van der Waals surface area contributed by atoms with E-state index >= 15 is 0 Å². The van der Waals surface area contributed by atoms with Crippen LogP contribution in [0.25, 0.3) is 0 Å². The molecule has 1 unspecified atom stereocenters. The van der Waals surface area contributed by atoms with Crippen LogP contribution in [0.5, 0.6) is 17.2 Å². The number of hydrogen-bond acceptors (Lipinski definition) is 5. The van der Waals surface area contributed by atoms with Gasteiger partial charge in [0.2, 0.25) is 0 Å². The summed E-state index contributed by atoms with van der Waals surface area (Å²) in [6.45, 7) is 6.14. The van der Waals surface area contributed by atoms with Gasteiger partial charge in [0.25, 0.3) is 0 Å². The van der Waals surface area contributed by atoms with Gasteiger partial charge >= 0.3 is 0 Å². The van der Waals surface area contributed by atoms with Gasteiger partial charge in [-0.25, -0.2) is 0 Å². The highest BCUT2D eigenvalue weighted by Crippen LogP contribution is 2.31. The summed E-state index contributed by atoms with van der Waals surface area (Å²) in [6.07, 6.45) is 2.47. The predicted octanol–water partition coefficient (Wildman–Crippen LogP) is 4.22. The molecule has 0 bridgehead atoms. The van der Waals surface area contributed by atoms with E-state index in [4.69, 9.17) is 14.2 Å². The third kappa shape index (κ3) is 7.40. The van der Waals surface area contributed by atoms with Crippen LogP contribution in [0.4, 0.5) is 0 Å². The first-order chi connectivity index (χ1) is 15.7. The van der Waals surface area contributed by atoms with Gasteiger partial charge in [-0.3, -0.25) is 9.89 Å². The molecule has 1 fully saturated rings. The monoisotopic (exact) mass is 568 g/mol. The number of ether oxygens (including phenoxy) is 3. The number of methoxy groups -OCH3 is 2. The maximum Gasteiger partial charge on any atom is 0.191 e. The second kappa shape index (κ2) is 14.1. The molecule has 1 aliphatic heterocycles. The van der Waals surface area contributed by atoms with E-state index in [9.17, 15) is 0 Å². The fraction of sp³-hybridized carbons (Fsp3) is 0.480. The number of guanidine groups is 1. The van der Waals surface area contributed by atoms with Gasteiger partial charge < -0.3 is 24.8 Å². The van der Waals surface area contributed by atoms with E-state index in [1.54, 1.807) is 21.3 Å². The Morgan fingerprint density at radius 1 is 1.00 bits per heavy atom. The SMILES string of the molecule is CCOc1ccc(CNC(=NC)NCC(c2ccccc2OC)N2CCCC2)cc1OC.I. The Kier molecular flexibility index (Phi) is 11.6. The zero-order valence-corrected chi connectivity index (χ0v) is 22.4. The largest absolute Gasteiger partial charge is 0.496 e. The van der Waals surface area contributed by atoms with Crippen LogP contribution in [0, 0.1) is 0 Å². The molecule has 2 N–H and O–H groups in total. The molecule has 1 aliphatic rings. The Balaban J connectivity index is 0.00000385. The normalized spacial score (nSPS) is 14.8. The molecule has 1 saturated heterocycles. The van der Waals surface area contributed by atoms with E-state index in [-0.39, 0.29) is 30.0 Å². The first-order valence-corrected chi connectivity index (χ1v) is 11.3. The topological polar surface area (TPSA) is 67.3 Å². The van der Waals surface area contributed by atoms with Crippen molar-refractivity contribution in [2.75, 3.05) is 47.5 Å². The molecule has 0 spiro atoms. The maximum absolute atomic E-state index is 5.65. The lowest BCUT2D eigenvalue weighted by molar-refractivity contribution is 0.239. The van der Waals surface area contributed by atoms with Crippen LogP contribution < -0.4 is 24.8 Å². The van der Waals surface area contributed by atoms with Crippen molar-refractivity contribution in [2.24, 2.45) is 4.99 Å². The summed E-state index contributed by atoms with van der Waals surface area (Å²) < 4.78 is 16.7. The first-order valence-electron chi connectivity index (χ1n) is 11.3. The van der Waals surface area contributed by atoms with Gasteiger partial charge in [-0.2, -0.15) is 0 Å². The molecule has 182 valence electrons. The molecule has 0 saturated carbocycles. The van der Waals surface area contributed by atoms with Gasteiger partial charge in [-0.05, 0) is 56.6 Å². The number of hydrogen-bond donors (Lipinski definition) is 2. The fourth-order valence-electron chi connectivity index (χ4n) is 4.13. The molecular formula is C25H37IN4O3. The number of para-hydroxylation sites is 1. The Morgan fingerprint density at radius 2 is 1.73 bits per heavy atom. The average Bonchev–Trinajstić information content (AvgIpc) is 3.37. The number of aliphatic imine (C=N–C) groups is 1. The second-order valence-electron chi connectivity index (χ2n) is 7.73. The van der Waals surface area contributed by atoms with E-state index in [1.807, 2.05) is 37.3 Å². The molecule has 33 heavy (non-hydrogen) atoms. The molecule has 0 amide bonds. The minimum atomic E-state index is 0. The molecule has 1 heterocycles. The van der Waals surface area contributed by atoms with Crippen LogP contribution in [0.3, 0.4) is 0 Å². The molecule has 2 aromatic rings. The highest BCUT2D eigenvalue weighted by Gasteiger charge is 2.26. The van der Waals surface area contributed by atoms with Crippen LogP contribution >= 0.6 is 24.0 Å². The van der Waals surface area contributed by atoms with E-state index in [0.29, 0.717) is 13.2 Å². The van der Waals surface area contributed by atoms with Gasteiger partial charge in [0.1, 0.15) is 5.75 Å². The lowest BCUT2D eigenvalue weighted by atomic mass is 10.0. The highest BCUT2D eigenvalue weighted by atomic mass is 127. The Bertz CT molecular complexity index is 888. The van der Waals surface area contributed by atoms with Crippen molar-refractivity contribution in [3.8, 4) is 17.2 Å². The third-order valence-corrected chi connectivity index (χ3v) is 5.75. The molecule has 7 nitrogen and oxygen atoms in total. The molecular weight excluding hydrogens is 531 g/mol. The van der Waals surface area contributed by atoms with Crippen LogP contribution in [-0.2, 0) is 6.54 Å². The minimum Gasteiger partial charge on any atom is -0.496 e. The van der Waals surface area contributed by atoms with E-state index in [1.165, 1.54) is 18.4 Å². The fourth-order valence-corrected chi connectivity index (χ4v) is 4.13. The predicted molar refractivity (Wildman–Crippen MR) is 144 cm³/mol. The van der Waals surface area contributed by atoms with Crippen molar-refractivity contribution >= 4 is 29.9 Å². The second-order valence-corrected chi connectivity index (χ2v) is 7.73. The molecule has 8 heteroatoms. The number of likely N-dealkylation sites (tertiary alicyclic amines) is 1. The quantitative estimate of drug-likeness (QED) is 0.254. The number of benzene rings is 2. The van der Waals surface area contributed by atoms with Crippen molar-refractivity contribution in [1.29, 1.82) is 0 Å². The average molecular weight is 569 g/mol. The summed E-state index contributed by atoms with van der Waals surface area (Å²) in [6, 6.07) is 14.5. The third-order valence-electron chi connectivity index (χ3n) is 5.75. The minimum absolute atomic E-state index is 0. The number of nitrogens with zero attached hydrogens (tertiary/aromatic N) is 2. The highest BCUT2D eigenvalue weighted by molar-refractivity contribution is 14.0. The number of halogens is 1. The summed E-state index contributed by atoms with van der Waals surface area (Å²) in [4.78, 5) is 6.94. The van der Waals surface area contributed by atoms with Crippen molar-refractivity contribution < 1.29 is 14.2 Å². The summed E-state index contributed by atoms with van der Waals surface area (Å²) in [5, 5.41) is 6.92. The van der Waals surface area contributed by atoms with E-state index in [0.717, 1.165) is 48.4 Å². The molecule has 2 aromatic carbocycles. The first kappa shape index (κ1) is 27.0. The summed E-state index contributed by atoms with van der Waals surface area (Å²) in [7, 11) is 5.19. The zero-order chi connectivity index (χ0) is 22.8. The van der Waals surface area contributed by atoms with Crippen molar-refractivity contribution in [3.05, 3.63) is 53.6 Å². The van der Waals surface area contributed by atoms with Crippen molar-refractivity contribution in [1.82, 2.24) is 15.5 Å². The van der Waals surface area contributed by atoms with Crippen LogP contribution in [-0.4, -0.2) is 58.4 Å². The van der Waals surface area contributed by atoms with Crippen LogP contribution in [0.15, 0.2) is 47.5 Å². The van der Waals surface area contributed by atoms with Gasteiger partial charge in [-0.1, -0.05) is 24.3 Å². The standard InChI is InChI=1S/C25H36N4O3.HI/c1-5-32-23-13-12-19(16-24(23)31-4)17-27-25(26-2)28-18-21(29-14-8-9-15-29)20-10-6-7-11-22(20)30-3;/h6-7,10-13,16,21H,5,8-9,14-15,17-18H2,1-4H3,(H2,26,27,28);1H. The molecule has 0 aliphatic carbocycles. The lowest BCUT2D eigenvalue weighted by Crippen LogP contribution is -2.42. The molecule has 0 aromatic heterocycles. The summed E-state index contributed by atoms with van der Waals surface area (Å²) in [5.41, 5.74) is 2.30. The Hall–Kier alpha value is -2.20. The maximum atomic E-state index is 5.65. The molecule has 0 radical (unpaired) electrons. The van der Waals surface area contributed by atoms with Crippen molar-refractivity contribution in [3.63, 3.8) is 0 Å². The number of rotatable bonds is 10. The van der Waals surface area contributed by atoms with E-state index < -0.39 is 0 Å². The molecule has 3 rings (SSSR count). The van der Waals surface area contributed by atoms with Gasteiger partial charge in [-0.15, -0.1) is 24.0 Å². The van der Waals surface area contributed by atoms with E-state index in [2.05, 4.69) is 32.7 Å². The summed E-state index contributed by atoms with van der Waals surface area (Å²) >= 11 is 0.